The lowest BCUT2D eigenvalue weighted by Gasteiger charge is -2.24. The second-order valence-electron chi connectivity index (χ2n) is 5.84. The zero-order valence-corrected chi connectivity index (χ0v) is 14.0. The molecule has 1 aromatic carbocycles. The number of sulfonamides is 1. The Bertz CT molecular complexity index is 844. The molecule has 2 aromatic rings. The molecule has 23 heavy (non-hydrogen) atoms. The van der Waals surface area contributed by atoms with Crippen LogP contribution >= 0.6 is 0 Å². The lowest BCUT2D eigenvalue weighted by atomic mass is 10.1. The van der Waals surface area contributed by atoms with Gasteiger partial charge in [0.2, 0.25) is 10.0 Å². The molecule has 1 amide bonds. The van der Waals surface area contributed by atoms with Crippen molar-refractivity contribution >= 4 is 27.0 Å². The van der Waals surface area contributed by atoms with Crippen LogP contribution in [0.25, 0.3) is 11.0 Å². The van der Waals surface area contributed by atoms with Crippen LogP contribution in [-0.2, 0) is 17.1 Å². The molecule has 1 aliphatic rings. The summed E-state index contributed by atoms with van der Waals surface area (Å²) < 4.78 is 27.8. The van der Waals surface area contributed by atoms with Crippen LogP contribution in [-0.4, -0.2) is 54.2 Å². The van der Waals surface area contributed by atoms with Gasteiger partial charge >= 0.3 is 0 Å². The summed E-state index contributed by atoms with van der Waals surface area (Å²) in [5.74, 6) is -0.187. The summed E-state index contributed by atoms with van der Waals surface area (Å²) in [6, 6.07) is 5.12. The van der Waals surface area contributed by atoms with E-state index in [0.29, 0.717) is 18.5 Å². The van der Waals surface area contributed by atoms with Crippen LogP contribution in [0.15, 0.2) is 24.5 Å². The zero-order chi connectivity index (χ0) is 16.6. The largest absolute Gasteiger partial charge is 0.335 e. The Morgan fingerprint density at radius 3 is 2.96 bits per heavy atom. The number of hydrogen-bond acceptors (Lipinski definition) is 4. The summed E-state index contributed by atoms with van der Waals surface area (Å²) in [5.41, 5.74) is 2.26. The highest BCUT2D eigenvalue weighted by Gasteiger charge is 2.32. The van der Waals surface area contributed by atoms with Crippen LogP contribution in [0.5, 0.6) is 0 Å². The maximum Gasteiger partial charge on any atom is 0.254 e. The number of imidazole rings is 1. The van der Waals surface area contributed by atoms with E-state index in [4.69, 9.17) is 0 Å². The molecule has 7 nitrogen and oxygen atoms in total. The summed E-state index contributed by atoms with van der Waals surface area (Å²) >= 11 is 0. The molecule has 1 saturated heterocycles. The van der Waals surface area contributed by atoms with E-state index in [-0.39, 0.29) is 17.7 Å². The topological polar surface area (TPSA) is 84.3 Å². The molecule has 1 N–H and O–H groups in total. The highest BCUT2D eigenvalue weighted by Crippen LogP contribution is 2.23. The number of likely N-dealkylation sites (tertiary alicyclic amines) is 1. The Morgan fingerprint density at radius 1 is 1.43 bits per heavy atom. The number of benzene rings is 1. The molecule has 1 aliphatic heterocycles. The first-order valence-corrected chi connectivity index (χ1v) is 9.20. The SMILES string of the molecule is CNS(=O)(=O)CC1CCCN1C(=O)c1ccc2c(c1)ncn2C. The second-order valence-corrected chi connectivity index (χ2v) is 7.81. The van der Waals surface area contributed by atoms with Crippen LogP contribution in [0.3, 0.4) is 0 Å². The first-order valence-electron chi connectivity index (χ1n) is 7.54. The molecule has 1 unspecified atom stereocenters. The van der Waals surface area contributed by atoms with Crippen molar-refractivity contribution in [1.82, 2.24) is 19.2 Å². The van der Waals surface area contributed by atoms with Gasteiger partial charge in [0.25, 0.3) is 5.91 Å². The van der Waals surface area contributed by atoms with Crippen molar-refractivity contribution in [3.05, 3.63) is 30.1 Å². The Morgan fingerprint density at radius 2 is 2.22 bits per heavy atom. The normalized spacial score (nSPS) is 18.7. The fourth-order valence-corrected chi connectivity index (χ4v) is 4.07. The predicted octanol–water partition coefficient (Wildman–Crippen LogP) is 0.727. The van der Waals surface area contributed by atoms with Crippen molar-refractivity contribution in [2.45, 2.75) is 18.9 Å². The molecule has 0 radical (unpaired) electrons. The van der Waals surface area contributed by atoms with E-state index in [1.165, 1.54) is 7.05 Å². The number of fused-ring (bicyclic) bond motifs is 1. The van der Waals surface area contributed by atoms with Gasteiger partial charge < -0.3 is 9.47 Å². The summed E-state index contributed by atoms with van der Waals surface area (Å²) in [4.78, 5) is 18.7. The molecule has 3 rings (SSSR count). The van der Waals surface area contributed by atoms with Gasteiger partial charge in [-0.05, 0) is 38.1 Å². The molecule has 0 spiro atoms. The van der Waals surface area contributed by atoms with Gasteiger partial charge in [-0.25, -0.2) is 18.1 Å². The zero-order valence-electron chi connectivity index (χ0n) is 13.2. The smallest absolute Gasteiger partial charge is 0.254 e. The minimum Gasteiger partial charge on any atom is -0.335 e. The Hall–Kier alpha value is -1.93. The molecule has 8 heteroatoms. The van der Waals surface area contributed by atoms with Crippen molar-refractivity contribution in [2.75, 3.05) is 19.3 Å². The van der Waals surface area contributed by atoms with Crippen LogP contribution < -0.4 is 4.72 Å². The highest BCUT2D eigenvalue weighted by molar-refractivity contribution is 7.89. The Labute approximate surface area is 135 Å². The third-order valence-corrected chi connectivity index (χ3v) is 5.78. The van der Waals surface area contributed by atoms with Crippen molar-refractivity contribution in [2.24, 2.45) is 7.05 Å². The van der Waals surface area contributed by atoms with Crippen LogP contribution in [0, 0.1) is 0 Å². The van der Waals surface area contributed by atoms with E-state index in [2.05, 4.69) is 9.71 Å². The molecule has 2 heterocycles. The Kier molecular flexibility index (Phi) is 4.11. The summed E-state index contributed by atoms with van der Waals surface area (Å²) in [6.45, 7) is 0.586. The molecule has 0 aliphatic carbocycles. The van der Waals surface area contributed by atoms with E-state index in [1.54, 1.807) is 23.4 Å². The average Bonchev–Trinajstić information content (AvgIpc) is 3.13. The van der Waals surface area contributed by atoms with Crippen LogP contribution in [0.1, 0.15) is 23.2 Å². The number of hydrogen-bond donors (Lipinski definition) is 1. The first-order chi connectivity index (χ1) is 10.9. The highest BCUT2D eigenvalue weighted by atomic mass is 32.2. The van der Waals surface area contributed by atoms with Gasteiger partial charge in [-0.3, -0.25) is 4.79 Å². The number of nitrogens with zero attached hydrogens (tertiary/aromatic N) is 3. The fourth-order valence-electron chi connectivity index (χ4n) is 3.05. The van der Waals surface area contributed by atoms with Gasteiger partial charge in [0.1, 0.15) is 0 Å². The third-order valence-electron chi connectivity index (χ3n) is 4.33. The second kappa shape index (κ2) is 5.93. The number of aromatic nitrogens is 2. The molecule has 0 bridgehead atoms. The number of carbonyl (C=O) groups is 1. The van der Waals surface area contributed by atoms with Gasteiger partial charge in [-0.1, -0.05) is 0 Å². The number of rotatable bonds is 4. The molecule has 0 saturated carbocycles. The molecular formula is C15H20N4O3S. The predicted molar refractivity (Wildman–Crippen MR) is 87.6 cm³/mol. The van der Waals surface area contributed by atoms with Crippen molar-refractivity contribution in [1.29, 1.82) is 0 Å². The van der Waals surface area contributed by atoms with E-state index < -0.39 is 10.0 Å². The lowest BCUT2D eigenvalue weighted by Crippen LogP contribution is -2.41. The third kappa shape index (κ3) is 3.09. The molecule has 124 valence electrons. The minimum absolute atomic E-state index is 0.0545. The number of amides is 1. The van der Waals surface area contributed by atoms with Crippen LogP contribution in [0.4, 0.5) is 0 Å². The van der Waals surface area contributed by atoms with Gasteiger partial charge in [0.05, 0.1) is 23.1 Å². The number of nitrogens with one attached hydrogen (secondary N) is 1. The summed E-state index contributed by atoms with van der Waals surface area (Å²) in [5, 5.41) is 0. The standard InChI is InChI=1S/C15H20N4O3S/c1-16-23(21,22)9-12-4-3-7-19(12)15(20)11-5-6-14-13(8-11)17-10-18(14)2/h5-6,8,10,12,16H,3-4,7,9H2,1-2H3. The maximum atomic E-state index is 12.8. The first kappa shape index (κ1) is 15.9. The monoisotopic (exact) mass is 336 g/mol. The quantitative estimate of drug-likeness (QED) is 0.892. The van der Waals surface area contributed by atoms with Crippen molar-refractivity contribution < 1.29 is 13.2 Å². The van der Waals surface area contributed by atoms with Gasteiger partial charge in [-0.2, -0.15) is 0 Å². The summed E-state index contributed by atoms with van der Waals surface area (Å²) in [6.07, 6.45) is 3.23. The lowest BCUT2D eigenvalue weighted by molar-refractivity contribution is 0.0749. The van der Waals surface area contributed by atoms with E-state index >= 15 is 0 Å². The average molecular weight is 336 g/mol. The van der Waals surface area contributed by atoms with Gasteiger partial charge in [0, 0.05) is 25.2 Å². The number of carbonyl (C=O) groups excluding carboxylic acids is 1. The van der Waals surface area contributed by atoms with E-state index in [1.807, 2.05) is 17.7 Å². The van der Waals surface area contributed by atoms with Crippen molar-refractivity contribution in [3.8, 4) is 0 Å². The molecule has 1 fully saturated rings. The van der Waals surface area contributed by atoms with Crippen molar-refractivity contribution in [3.63, 3.8) is 0 Å². The van der Waals surface area contributed by atoms with E-state index in [0.717, 1.165) is 17.5 Å². The van der Waals surface area contributed by atoms with E-state index in [9.17, 15) is 13.2 Å². The summed E-state index contributed by atoms with van der Waals surface area (Å²) in [7, 11) is -0.0494. The fraction of sp³-hybridized carbons (Fsp3) is 0.467. The van der Waals surface area contributed by atoms with Gasteiger partial charge in [-0.15, -0.1) is 0 Å². The Balaban J connectivity index is 1.85. The molecule has 1 atom stereocenters. The van der Waals surface area contributed by atoms with Crippen LogP contribution in [0.2, 0.25) is 0 Å². The molecular weight excluding hydrogens is 316 g/mol. The van der Waals surface area contributed by atoms with Gasteiger partial charge in [0.15, 0.2) is 0 Å². The maximum absolute atomic E-state index is 12.8. The minimum atomic E-state index is -3.34. The number of aryl methyl sites for hydroxylation is 1. The molecule has 1 aromatic heterocycles.